The van der Waals surface area contributed by atoms with Crippen molar-refractivity contribution < 1.29 is 4.42 Å². The van der Waals surface area contributed by atoms with Crippen molar-refractivity contribution >= 4 is 56.5 Å². The summed E-state index contributed by atoms with van der Waals surface area (Å²) in [5.41, 5.74) is 5.27. The molecule has 1 N–H and O–H groups in total. The van der Waals surface area contributed by atoms with Gasteiger partial charge >= 0.3 is 0 Å². The molecular weight excluding hydrogens is 550 g/mol. The van der Waals surface area contributed by atoms with E-state index in [1.165, 1.54) is 0 Å². The number of fused-ring (bicyclic) bond motifs is 4. The summed E-state index contributed by atoms with van der Waals surface area (Å²) in [7, 11) is 0. The largest absolute Gasteiger partial charge is 0.456 e. The molecule has 0 saturated carbocycles. The predicted molar refractivity (Wildman–Crippen MR) is 190 cm³/mol. The molecule has 214 valence electrons. The lowest BCUT2D eigenvalue weighted by Gasteiger charge is -2.11. The Morgan fingerprint density at radius 3 is 2.18 bits per heavy atom. The van der Waals surface area contributed by atoms with Gasteiger partial charge < -0.3 is 4.42 Å². The normalized spacial score (nSPS) is 12.1. The molecule has 7 aromatic rings. The zero-order chi connectivity index (χ0) is 30.6. The molecule has 0 unspecified atom stereocenters. The zero-order valence-electron chi connectivity index (χ0n) is 24.5. The van der Waals surface area contributed by atoms with Crippen LogP contribution in [-0.4, -0.2) is 17.9 Å². The summed E-state index contributed by atoms with van der Waals surface area (Å²) in [6.07, 6.45) is 7.30. The topological polar surface area (TPSA) is 61.7 Å². The SMILES string of the molecule is C=C/C=C\c1oc2cccc(-c3ccccc3)c2c1C=NC(=NC(=N)c1ccccc1)c1cc2ccccc2c2ccccc12. The molecule has 1 heterocycles. The molecule has 4 heteroatoms. The van der Waals surface area contributed by atoms with Gasteiger partial charge in [-0.15, -0.1) is 0 Å². The number of aliphatic imine (C=N–C) groups is 2. The first-order chi connectivity index (χ1) is 22.2. The highest BCUT2D eigenvalue weighted by molar-refractivity contribution is 6.23. The predicted octanol–water partition coefficient (Wildman–Crippen LogP) is 10.5. The monoisotopic (exact) mass is 579 g/mol. The van der Waals surface area contributed by atoms with Crippen molar-refractivity contribution in [3.63, 3.8) is 0 Å². The molecule has 0 bridgehead atoms. The minimum atomic E-state index is 0.133. The molecule has 0 atom stereocenters. The summed E-state index contributed by atoms with van der Waals surface area (Å²) in [5.74, 6) is 1.24. The first-order valence-electron chi connectivity index (χ1n) is 14.8. The van der Waals surface area contributed by atoms with Gasteiger partial charge in [-0.1, -0.05) is 140 Å². The standard InChI is InChI=1S/C41H29N3O/c1-2-3-24-37-36(39-32(23-14-25-38(39)45-37)28-15-6-4-7-16-28)27-43-41(44-40(42)29-17-8-5-9-18-29)35-26-30-19-10-11-20-31(30)33-21-12-13-22-34(33)35/h2-27,42H,1H2/b24-3-,42-40?,43-27?,44-41?. The van der Waals surface area contributed by atoms with E-state index in [1.807, 2.05) is 97.2 Å². The molecule has 0 fully saturated rings. The minimum absolute atomic E-state index is 0.133. The second-order valence-electron chi connectivity index (χ2n) is 10.6. The fourth-order valence-electron chi connectivity index (χ4n) is 5.75. The number of hydrogen-bond acceptors (Lipinski definition) is 2. The van der Waals surface area contributed by atoms with Crippen molar-refractivity contribution in [1.29, 1.82) is 5.41 Å². The summed E-state index contributed by atoms with van der Waals surface area (Å²) in [5, 5.41) is 14.3. The van der Waals surface area contributed by atoms with Crippen molar-refractivity contribution in [1.82, 2.24) is 0 Å². The molecule has 0 radical (unpaired) electrons. The average Bonchev–Trinajstić information content (AvgIpc) is 3.47. The van der Waals surface area contributed by atoms with Crippen LogP contribution in [-0.2, 0) is 0 Å². The Hall–Kier alpha value is -6.13. The van der Waals surface area contributed by atoms with Crippen LogP contribution in [0.1, 0.15) is 22.5 Å². The third-order valence-corrected chi connectivity index (χ3v) is 7.84. The van der Waals surface area contributed by atoms with E-state index in [4.69, 9.17) is 19.8 Å². The van der Waals surface area contributed by atoms with Gasteiger partial charge in [-0.2, -0.15) is 0 Å². The number of allylic oxidation sites excluding steroid dienone is 2. The van der Waals surface area contributed by atoms with E-state index >= 15 is 0 Å². The van der Waals surface area contributed by atoms with E-state index in [0.29, 0.717) is 17.2 Å². The second kappa shape index (κ2) is 12.2. The number of rotatable bonds is 6. The van der Waals surface area contributed by atoms with Crippen molar-refractivity contribution in [2.24, 2.45) is 9.98 Å². The van der Waals surface area contributed by atoms with Gasteiger partial charge in [0.15, 0.2) is 11.7 Å². The molecule has 0 saturated heterocycles. The first-order valence-corrected chi connectivity index (χ1v) is 14.8. The van der Waals surface area contributed by atoms with Crippen LogP contribution in [0.25, 0.3) is 49.7 Å². The molecule has 45 heavy (non-hydrogen) atoms. The fraction of sp³-hybridized carbons (Fsp3) is 0. The number of furan rings is 1. The lowest BCUT2D eigenvalue weighted by atomic mass is 9.96. The highest BCUT2D eigenvalue weighted by Gasteiger charge is 2.17. The molecule has 0 spiro atoms. The van der Waals surface area contributed by atoms with E-state index < -0.39 is 0 Å². The maximum atomic E-state index is 8.94. The van der Waals surface area contributed by atoms with Gasteiger partial charge in [0.25, 0.3) is 0 Å². The molecule has 7 rings (SSSR count). The Morgan fingerprint density at radius 2 is 1.40 bits per heavy atom. The fourth-order valence-corrected chi connectivity index (χ4v) is 5.75. The van der Waals surface area contributed by atoms with Gasteiger partial charge in [0, 0.05) is 28.3 Å². The number of benzene rings is 6. The second-order valence-corrected chi connectivity index (χ2v) is 10.6. The van der Waals surface area contributed by atoms with Crippen LogP contribution in [0.2, 0.25) is 0 Å². The smallest absolute Gasteiger partial charge is 0.162 e. The minimum Gasteiger partial charge on any atom is -0.456 e. The number of nitrogens with one attached hydrogen (secondary N) is 1. The molecule has 6 aromatic carbocycles. The number of nitrogens with zero attached hydrogens (tertiary/aromatic N) is 2. The van der Waals surface area contributed by atoms with E-state index in [2.05, 4.69) is 61.2 Å². The number of hydrogen-bond donors (Lipinski definition) is 1. The van der Waals surface area contributed by atoms with Crippen molar-refractivity contribution in [3.05, 3.63) is 175 Å². The number of amidine groups is 2. The summed E-state index contributed by atoms with van der Waals surface area (Å²) in [4.78, 5) is 9.94. The average molecular weight is 580 g/mol. The molecule has 0 aliphatic rings. The van der Waals surface area contributed by atoms with Gasteiger partial charge in [0.05, 0.1) is 0 Å². The molecule has 0 aliphatic heterocycles. The van der Waals surface area contributed by atoms with Gasteiger partial charge in [-0.25, -0.2) is 9.98 Å². The van der Waals surface area contributed by atoms with Crippen LogP contribution in [0.15, 0.2) is 167 Å². The quantitative estimate of drug-likeness (QED) is 0.0906. The van der Waals surface area contributed by atoms with Crippen LogP contribution in [0.4, 0.5) is 0 Å². The van der Waals surface area contributed by atoms with E-state index in [0.717, 1.165) is 54.8 Å². The maximum absolute atomic E-state index is 8.94. The van der Waals surface area contributed by atoms with Crippen LogP contribution >= 0.6 is 0 Å². The highest BCUT2D eigenvalue weighted by Crippen LogP contribution is 2.35. The van der Waals surface area contributed by atoms with Gasteiger partial charge in [-0.3, -0.25) is 5.41 Å². The summed E-state index contributed by atoms with van der Waals surface area (Å²) in [6.45, 7) is 3.85. The van der Waals surface area contributed by atoms with Crippen molar-refractivity contribution in [2.75, 3.05) is 0 Å². The van der Waals surface area contributed by atoms with Gasteiger partial charge in [0.1, 0.15) is 11.3 Å². The third-order valence-electron chi connectivity index (χ3n) is 7.84. The highest BCUT2D eigenvalue weighted by atomic mass is 16.3. The Bertz CT molecular complexity index is 2290. The Labute approximate surface area is 261 Å². The Kier molecular flexibility index (Phi) is 7.53. The lowest BCUT2D eigenvalue weighted by Crippen LogP contribution is -2.06. The van der Waals surface area contributed by atoms with Gasteiger partial charge in [-0.05, 0) is 50.9 Å². The molecule has 0 aliphatic carbocycles. The lowest BCUT2D eigenvalue weighted by molar-refractivity contribution is 0.604. The summed E-state index contributed by atoms with van der Waals surface area (Å²) < 4.78 is 6.37. The first kappa shape index (κ1) is 27.7. The van der Waals surface area contributed by atoms with Crippen LogP contribution in [0.5, 0.6) is 0 Å². The molecular formula is C41H29N3O. The van der Waals surface area contributed by atoms with E-state index in [-0.39, 0.29) is 5.84 Å². The van der Waals surface area contributed by atoms with E-state index in [9.17, 15) is 0 Å². The third kappa shape index (κ3) is 5.41. The van der Waals surface area contributed by atoms with Crippen LogP contribution in [0, 0.1) is 5.41 Å². The van der Waals surface area contributed by atoms with Gasteiger partial charge in [0.2, 0.25) is 0 Å². The summed E-state index contributed by atoms with van der Waals surface area (Å²) >= 11 is 0. The molecule has 0 amide bonds. The summed E-state index contributed by atoms with van der Waals surface area (Å²) in [6, 6.07) is 44.6. The van der Waals surface area contributed by atoms with Crippen molar-refractivity contribution in [3.8, 4) is 11.1 Å². The van der Waals surface area contributed by atoms with Crippen molar-refractivity contribution in [2.45, 2.75) is 0 Å². The van der Waals surface area contributed by atoms with E-state index in [1.54, 1.807) is 6.08 Å². The molecule has 4 nitrogen and oxygen atoms in total. The van der Waals surface area contributed by atoms with Crippen LogP contribution < -0.4 is 0 Å². The Morgan fingerprint density at radius 1 is 0.711 bits per heavy atom. The Balaban J connectivity index is 1.48. The maximum Gasteiger partial charge on any atom is 0.162 e. The van der Waals surface area contributed by atoms with Crippen LogP contribution in [0.3, 0.4) is 0 Å². The zero-order valence-corrected chi connectivity index (χ0v) is 24.5. The molecule has 1 aromatic heterocycles.